The molecule has 0 aromatic heterocycles. The topological polar surface area (TPSA) is 203 Å². The highest BCUT2D eigenvalue weighted by molar-refractivity contribution is 6.29. The van der Waals surface area contributed by atoms with E-state index in [1.807, 2.05) is 0 Å². The van der Waals surface area contributed by atoms with Crippen LogP contribution >= 0.6 is 0 Å². The zero-order valence-corrected chi connectivity index (χ0v) is 20.8. The first-order chi connectivity index (χ1) is 19.2. The number of carbonyl (C=O) groups is 6. The smallest absolute Gasteiger partial charge is 0.316 e. The quantitative estimate of drug-likeness (QED) is 0.0986. The van der Waals surface area contributed by atoms with Crippen LogP contribution in [0.5, 0.6) is 0 Å². The predicted octanol–water partition coefficient (Wildman–Crippen LogP) is 2.43. The molecule has 3 aromatic rings. The zero-order valence-electron chi connectivity index (χ0n) is 20.8. The fourth-order valence-electron chi connectivity index (χ4n) is 3.28. The van der Waals surface area contributed by atoms with Crippen LogP contribution in [0.15, 0.2) is 108 Å². The maximum atomic E-state index is 12.9. The van der Waals surface area contributed by atoms with Gasteiger partial charge in [-0.25, -0.2) is 9.59 Å². The Morgan fingerprint density at radius 1 is 0.500 bits per heavy atom. The standard InChI is InChI=1S/C28H24N6O6/c29-27(39)31-15-21(23(35)17-7-3-1-4-8-17)25(37)33-19-11-13-20(14-12-19)34-26(38)22(16-32-28(30)40)24(36)18-9-5-2-6-10-18/h1-16H,(H,33,37)(H,34,38)(H3,29,31,39)(H3,30,32,40)/b21-15+,22-16+. The lowest BCUT2D eigenvalue weighted by Gasteiger charge is -2.11. The highest BCUT2D eigenvalue weighted by Gasteiger charge is 2.22. The summed E-state index contributed by atoms with van der Waals surface area (Å²) in [5.41, 5.74) is 10.3. The number of ketones is 2. The Kier molecular flexibility index (Phi) is 9.62. The summed E-state index contributed by atoms with van der Waals surface area (Å²) in [6, 6.07) is 19.7. The maximum Gasteiger partial charge on any atom is 0.316 e. The van der Waals surface area contributed by atoms with E-state index >= 15 is 0 Å². The van der Waals surface area contributed by atoms with Gasteiger partial charge >= 0.3 is 12.1 Å². The van der Waals surface area contributed by atoms with Gasteiger partial charge in [-0.3, -0.25) is 19.2 Å². The molecular weight excluding hydrogens is 516 g/mol. The normalized spacial score (nSPS) is 11.1. The van der Waals surface area contributed by atoms with Crippen LogP contribution in [0.25, 0.3) is 0 Å². The average Bonchev–Trinajstić information content (AvgIpc) is 2.94. The molecule has 0 atom stereocenters. The molecule has 0 fully saturated rings. The number of rotatable bonds is 10. The summed E-state index contributed by atoms with van der Waals surface area (Å²) in [5.74, 6) is -2.95. The van der Waals surface area contributed by atoms with Gasteiger partial charge in [0.1, 0.15) is 11.1 Å². The number of nitrogens with one attached hydrogen (secondary N) is 4. The molecule has 6 amide bonds. The average molecular weight is 541 g/mol. The fourth-order valence-corrected chi connectivity index (χ4v) is 3.28. The fraction of sp³-hybridized carbons (Fsp3) is 0. The molecule has 0 spiro atoms. The number of benzene rings is 3. The van der Waals surface area contributed by atoms with Crippen LogP contribution in [0.1, 0.15) is 20.7 Å². The molecule has 0 heterocycles. The molecule has 0 radical (unpaired) electrons. The maximum absolute atomic E-state index is 12.9. The number of nitrogens with two attached hydrogens (primary N) is 2. The number of amides is 6. The zero-order chi connectivity index (χ0) is 29.1. The Morgan fingerprint density at radius 2 is 0.825 bits per heavy atom. The second-order valence-electron chi connectivity index (χ2n) is 8.01. The molecule has 202 valence electrons. The molecule has 40 heavy (non-hydrogen) atoms. The summed E-state index contributed by atoms with van der Waals surface area (Å²) in [4.78, 5) is 73.7. The molecule has 0 bridgehead atoms. The first kappa shape index (κ1) is 28.5. The third-order valence-corrected chi connectivity index (χ3v) is 5.17. The molecule has 0 aliphatic rings. The molecular formula is C28H24N6O6. The third-order valence-electron chi connectivity index (χ3n) is 5.17. The van der Waals surface area contributed by atoms with E-state index in [1.165, 1.54) is 48.5 Å². The lowest BCUT2D eigenvalue weighted by molar-refractivity contribution is -0.113. The molecule has 0 saturated carbocycles. The van der Waals surface area contributed by atoms with Gasteiger partial charge in [-0.15, -0.1) is 0 Å². The van der Waals surface area contributed by atoms with Gasteiger partial charge in [0.25, 0.3) is 11.8 Å². The van der Waals surface area contributed by atoms with Gasteiger partial charge in [0.15, 0.2) is 11.6 Å². The summed E-state index contributed by atoms with van der Waals surface area (Å²) >= 11 is 0. The van der Waals surface area contributed by atoms with E-state index in [0.29, 0.717) is 0 Å². The van der Waals surface area contributed by atoms with Crippen molar-refractivity contribution in [1.82, 2.24) is 10.6 Å². The van der Waals surface area contributed by atoms with Crippen LogP contribution in [0.4, 0.5) is 21.0 Å². The van der Waals surface area contributed by atoms with Crippen LogP contribution in [0.3, 0.4) is 0 Å². The monoisotopic (exact) mass is 540 g/mol. The van der Waals surface area contributed by atoms with Crippen molar-refractivity contribution >= 4 is 46.8 Å². The van der Waals surface area contributed by atoms with Gasteiger partial charge in [-0.05, 0) is 24.3 Å². The molecule has 12 heteroatoms. The van der Waals surface area contributed by atoms with Crippen molar-refractivity contribution in [3.8, 4) is 0 Å². The van der Waals surface area contributed by atoms with Crippen molar-refractivity contribution in [3.05, 3.63) is 120 Å². The Hall–Kier alpha value is -6.04. The number of anilines is 2. The summed E-state index contributed by atoms with van der Waals surface area (Å²) in [6.45, 7) is 0. The van der Waals surface area contributed by atoms with E-state index in [0.717, 1.165) is 12.4 Å². The Morgan fingerprint density at radius 3 is 1.12 bits per heavy atom. The SMILES string of the molecule is NC(=O)N/C=C(/C(=O)Nc1ccc(NC(=O)/C(=C/NC(N)=O)C(=O)c2ccccc2)cc1)C(=O)c1ccccc1. The second-order valence-corrected chi connectivity index (χ2v) is 8.01. The minimum Gasteiger partial charge on any atom is -0.351 e. The minimum absolute atomic E-state index is 0.216. The lowest BCUT2D eigenvalue weighted by Crippen LogP contribution is -2.29. The van der Waals surface area contributed by atoms with E-state index in [2.05, 4.69) is 21.3 Å². The van der Waals surface area contributed by atoms with Gasteiger partial charge in [0, 0.05) is 34.9 Å². The Bertz CT molecular complexity index is 1380. The Balaban J connectivity index is 1.75. The molecule has 0 aliphatic heterocycles. The number of hydrogen-bond donors (Lipinski definition) is 6. The second kappa shape index (κ2) is 13.5. The first-order valence-corrected chi connectivity index (χ1v) is 11.6. The van der Waals surface area contributed by atoms with Gasteiger partial charge in [-0.2, -0.15) is 0 Å². The van der Waals surface area contributed by atoms with Gasteiger partial charge in [0.05, 0.1) is 0 Å². The van der Waals surface area contributed by atoms with Crippen molar-refractivity contribution in [2.45, 2.75) is 0 Å². The number of hydrogen-bond acceptors (Lipinski definition) is 6. The summed E-state index contributed by atoms with van der Waals surface area (Å²) in [5, 5.41) is 9.31. The van der Waals surface area contributed by atoms with Gasteiger partial charge in [-0.1, -0.05) is 60.7 Å². The number of Topliss-reactive ketones (excluding diaryl/α,β-unsaturated/α-hetero) is 2. The molecule has 3 rings (SSSR count). The van der Waals surface area contributed by atoms with Crippen LogP contribution in [-0.4, -0.2) is 35.4 Å². The van der Waals surface area contributed by atoms with E-state index in [4.69, 9.17) is 11.5 Å². The number of primary amides is 2. The highest BCUT2D eigenvalue weighted by Crippen LogP contribution is 2.18. The van der Waals surface area contributed by atoms with Crippen molar-refractivity contribution in [2.75, 3.05) is 10.6 Å². The third kappa shape index (κ3) is 7.98. The predicted molar refractivity (Wildman–Crippen MR) is 147 cm³/mol. The van der Waals surface area contributed by atoms with Crippen LogP contribution in [-0.2, 0) is 9.59 Å². The van der Waals surface area contributed by atoms with E-state index in [-0.39, 0.29) is 33.6 Å². The van der Waals surface area contributed by atoms with Crippen LogP contribution in [0, 0.1) is 0 Å². The molecule has 3 aromatic carbocycles. The summed E-state index contributed by atoms with van der Waals surface area (Å²) in [6.07, 6.45) is 1.83. The molecule has 12 nitrogen and oxygen atoms in total. The van der Waals surface area contributed by atoms with Gasteiger partial charge in [0.2, 0.25) is 0 Å². The number of urea groups is 2. The molecule has 0 unspecified atom stereocenters. The van der Waals surface area contributed by atoms with E-state index < -0.39 is 35.4 Å². The van der Waals surface area contributed by atoms with Crippen molar-refractivity contribution < 1.29 is 28.8 Å². The first-order valence-electron chi connectivity index (χ1n) is 11.6. The molecule has 0 saturated heterocycles. The number of carbonyl (C=O) groups excluding carboxylic acids is 6. The van der Waals surface area contributed by atoms with Crippen LogP contribution in [0.2, 0.25) is 0 Å². The summed E-state index contributed by atoms with van der Waals surface area (Å²) in [7, 11) is 0. The van der Waals surface area contributed by atoms with Crippen molar-refractivity contribution in [3.63, 3.8) is 0 Å². The lowest BCUT2D eigenvalue weighted by atomic mass is 10.0. The van der Waals surface area contributed by atoms with Crippen molar-refractivity contribution in [1.29, 1.82) is 0 Å². The van der Waals surface area contributed by atoms with Gasteiger partial charge < -0.3 is 32.7 Å². The molecule has 8 N–H and O–H groups in total. The minimum atomic E-state index is -0.962. The van der Waals surface area contributed by atoms with Crippen LogP contribution < -0.4 is 32.7 Å². The van der Waals surface area contributed by atoms with Crippen molar-refractivity contribution in [2.24, 2.45) is 11.5 Å². The van der Waals surface area contributed by atoms with E-state index in [9.17, 15) is 28.8 Å². The van der Waals surface area contributed by atoms with E-state index in [1.54, 1.807) is 36.4 Å². The Labute approximate surface area is 228 Å². The highest BCUT2D eigenvalue weighted by atomic mass is 16.2. The molecule has 0 aliphatic carbocycles. The largest absolute Gasteiger partial charge is 0.351 e. The summed E-state index contributed by atoms with van der Waals surface area (Å²) < 4.78 is 0.